The zero-order valence-electron chi connectivity index (χ0n) is 22.9. The molecule has 1 aliphatic heterocycles. The molecule has 4 aromatic rings. The van der Waals surface area contributed by atoms with Crippen molar-refractivity contribution in [1.29, 1.82) is 0 Å². The van der Waals surface area contributed by atoms with Crippen molar-refractivity contribution in [3.8, 4) is 11.3 Å². The lowest BCUT2D eigenvalue weighted by molar-refractivity contribution is 0.770. The molecule has 0 atom stereocenters. The number of nitrogens with zero attached hydrogens (tertiary/aromatic N) is 2. The summed E-state index contributed by atoms with van der Waals surface area (Å²) >= 11 is 0. The summed E-state index contributed by atoms with van der Waals surface area (Å²) in [4.78, 5) is 7.48. The quantitative estimate of drug-likeness (QED) is 0.285. The Kier molecular flexibility index (Phi) is 7.94. The van der Waals surface area contributed by atoms with E-state index in [0.717, 1.165) is 49.1 Å². The molecule has 0 saturated carbocycles. The van der Waals surface area contributed by atoms with Crippen molar-refractivity contribution >= 4 is 22.3 Å². The largest absolute Gasteiger partial charge is 0.341 e. The topological polar surface area (TPSA) is 16.1 Å². The predicted molar refractivity (Wildman–Crippen MR) is 158 cm³/mol. The molecule has 0 fully saturated rings. The molecule has 1 aliphatic rings. The van der Waals surface area contributed by atoms with Crippen LogP contribution in [-0.2, 0) is 12.8 Å². The highest BCUT2D eigenvalue weighted by atomic mass is 15.1. The summed E-state index contributed by atoms with van der Waals surface area (Å²) in [6.07, 6.45) is 4.50. The van der Waals surface area contributed by atoms with E-state index in [-0.39, 0.29) is 0 Å². The molecule has 186 valence electrons. The number of aromatic nitrogens is 1. The number of benzene rings is 3. The standard InChI is InChI=1S/C32H34N2.C2H6/c1-6-8-25-11-14-30-28(19-25)18-23(4)32(33-30)27-12-15-31-26(20-27)9-7-16-34(31)24(5)29-13-10-21(2)17-22(29)3;1-2/h10-15,17-20H,5-9,16H2,1-4H3;1-2H3. The van der Waals surface area contributed by atoms with Crippen LogP contribution in [0.25, 0.3) is 27.9 Å². The van der Waals surface area contributed by atoms with Gasteiger partial charge in [-0.2, -0.15) is 0 Å². The maximum absolute atomic E-state index is 5.09. The lowest BCUT2D eigenvalue weighted by Gasteiger charge is -2.34. The number of anilines is 1. The van der Waals surface area contributed by atoms with E-state index in [1.54, 1.807) is 0 Å². The first-order chi connectivity index (χ1) is 17.4. The van der Waals surface area contributed by atoms with Crippen molar-refractivity contribution in [1.82, 2.24) is 4.98 Å². The van der Waals surface area contributed by atoms with Crippen LogP contribution in [0.15, 0.2) is 67.2 Å². The number of fused-ring (bicyclic) bond motifs is 2. The van der Waals surface area contributed by atoms with Gasteiger partial charge in [-0.25, -0.2) is 4.98 Å². The third kappa shape index (κ3) is 5.09. The summed E-state index contributed by atoms with van der Waals surface area (Å²) < 4.78 is 0. The van der Waals surface area contributed by atoms with Gasteiger partial charge in [0.25, 0.3) is 0 Å². The van der Waals surface area contributed by atoms with Crippen molar-refractivity contribution in [3.05, 3.63) is 101 Å². The van der Waals surface area contributed by atoms with Gasteiger partial charge >= 0.3 is 0 Å². The molecule has 5 rings (SSSR count). The molecule has 2 heteroatoms. The van der Waals surface area contributed by atoms with Gasteiger partial charge in [-0.05, 0) is 92.6 Å². The summed E-state index contributed by atoms with van der Waals surface area (Å²) in [5, 5.41) is 1.24. The summed E-state index contributed by atoms with van der Waals surface area (Å²) in [6, 6.07) is 22.5. The van der Waals surface area contributed by atoms with Gasteiger partial charge in [0.2, 0.25) is 0 Å². The summed E-state index contributed by atoms with van der Waals surface area (Å²) in [5.41, 5.74) is 13.5. The van der Waals surface area contributed by atoms with E-state index in [1.165, 1.54) is 50.0 Å². The normalized spacial score (nSPS) is 12.7. The fourth-order valence-electron chi connectivity index (χ4n) is 5.38. The van der Waals surface area contributed by atoms with Crippen LogP contribution in [0.3, 0.4) is 0 Å². The molecular weight excluding hydrogens is 436 g/mol. The third-order valence-corrected chi connectivity index (χ3v) is 7.10. The molecule has 36 heavy (non-hydrogen) atoms. The minimum Gasteiger partial charge on any atom is -0.341 e. The number of rotatable bonds is 5. The smallest absolute Gasteiger partial charge is 0.0738 e. The van der Waals surface area contributed by atoms with E-state index >= 15 is 0 Å². The minimum atomic E-state index is 1.01. The first kappa shape index (κ1) is 25.7. The molecule has 0 N–H and O–H groups in total. The minimum absolute atomic E-state index is 1.01. The number of aryl methyl sites for hydroxylation is 5. The van der Waals surface area contributed by atoms with Crippen LogP contribution < -0.4 is 4.90 Å². The Bertz CT molecular complexity index is 1400. The number of hydrogen-bond acceptors (Lipinski definition) is 2. The van der Waals surface area contributed by atoms with Crippen LogP contribution >= 0.6 is 0 Å². The third-order valence-electron chi connectivity index (χ3n) is 7.10. The van der Waals surface area contributed by atoms with Crippen LogP contribution in [0.5, 0.6) is 0 Å². The fourth-order valence-corrected chi connectivity index (χ4v) is 5.38. The van der Waals surface area contributed by atoms with Crippen LogP contribution in [-0.4, -0.2) is 11.5 Å². The van der Waals surface area contributed by atoms with Crippen LogP contribution in [0.1, 0.15) is 67.0 Å². The Morgan fingerprint density at radius 2 is 1.72 bits per heavy atom. The average Bonchev–Trinajstić information content (AvgIpc) is 2.88. The number of pyridine rings is 1. The van der Waals surface area contributed by atoms with Crippen molar-refractivity contribution in [3.63, 3.8) is 0 Å². The number of hydrogen-bond donors (Lipinski definition) is 0. The summed E-state index contributed by atoms with van der Waals surface area (Å²) in [7, 11) is 0. The molecule has 0 unspecified atom stereocenters. The maximum atomic E-state index is 5.09. The van der Waals surface area contributed by atoms with Crippen LogP contribution in [0.4, 0.5) is 5.69 Å². The van der Waals surface area contributed by atoms with Gasteiger partial charge in [0.15, 0.2) is 0 Å². The van der Waals surface area contributed by atoms with Crippen molar-refractivity contribution < 1.29 is 0 Å². The Balaban J connectivity index is 0.00000148. The van der Waals surface area contributed by atoms with Gasteiger partial charge in [-0.1, -0.05) is 69.7 Å². The Morgan fingerprint density at radius 3 is 2.47 bits per heavy atom. The highest BCUT2D eigenvalue weighted by molar-refractivity contribution is 5.86. The lowest BCUT2D eigenvalue weighted by atomic mass is 9.94. The Hall–Kier alpha value is -3.39. The second-order valence-electron chi connectivity index (χ2n) is 9.79. The van der Waals surface area contributed by atoms with E-state index in [2.05, 4.69) is 99.8 Å². The van der Waals surface area contributed by atoms with Gasteiger partial charge in [0.1, 0.15) is 0 Å². The van der Waals surface area contributed by atoms with Crippen LogP contribution in [0.2, 0.25) is 0 Å². The Morgan fingerprint density at radius 1 is 0.917 bits per heavy atom. The Labute approximate surface area is 217 Å². The van der Waals surface area contributed by atoms with E-state index in [4.69, 9.17) is 4.98 Å². The van der Waals surface area contributed by atoms with Gasteiger partial charge in [-0.3, -0.25) is 0 Å². The van der Waals surface area contributed by atoms with Gasteiger partial charge < -0.3 is 4.90 Å². The maximum Gasteiger partial charge on any atom is 0.0738 e. The first-order valence-electron chi connectivity index (χ1n) is 13.5. The van der Waals surface area contributed by atoms with Crippen molar-refractivity contribution in [2.24, 2.45) is 0 Å². The average molecular weight is 477 g/mol. The van der Waals surface area contributed by atoms with Crippen molar-refractivity contribution in [2.45, 2.75) is 67.2 Å². The fraction of sp³-hybridized carbons (Fsp3) is 0.324. The summed E-state index contributed by atoms with van der Waals surface area (Å²) in [6.45, 7) is 18.2. The zero-order chi connectivity index (χ0) is 25.8. The van der Waals surface area contributed by atoms with E-state index in [9.17, 15) is 0 Å². The molecule has 3 aromatic carbocycles. The van der Waals surface area contributed by atoms with Crippen LogP contribution in [0, 0.1) is 20.8 Å². The second-order valence-corrected chi connectivity index (χ2v) is 9.79. The van der Waals surface area contributed by atoms with Gasteiger partial charge in [0.05, 0.1) is 11.2 Å². The molecule has 0 bridgehead atoms. The van der Waals surface area contributed by atoms with E-state index in [1.807, 2.05) is 13.8 Å². The highest BCUT2D eigenvalue weighted by Gasteiger charge is 2.22. The van der Waals surface area contributed by atoms with Gasteiger partial charge in [-0.15, -0.1) is 0 Å². The monoisotopic (exact) mass is 476 g/mol. The molecule has 0 spiro atoms. The molecule has 2 heterocycles. The predicted octanol–water partition coefficient (Wildman–Crippen LogP) is 9.23. The summed E-state index contributed by atoms with van der Waals surface area (Å²) in [5.74, 6) is 0. The zero-order valence-corrected chi connectivity index (χ0v) is 22.9. The molecule has 0 amide bonds. The van der Waals surface area contributed by atoms with E-state index in [0.29, 0.717) is 0 Å². The molecule has 0 radical (unpaired) electrons. The lowest BCUT2D eigenvalue weighted by Crippen LogP contribution is -2.27. The highest BCUT2D eigenvalue weighted by Crippen LogP contribution is 2.37. The molecular formula is C34H40N2. The van der Waals surface area contributed by atoms with E-state index < -0.39 is 0 Å². The molecule has 0 aliphatic carbocycles. The molecule has 1 aromatic heterocycles. The van der Waals surface area contributed by atoms with Crippen molar-refractivity contribution in [2.75, 3.05) is 11.4 Å². The van der Waals surface area contributed by atoms with Gasteiger partial charge in [0, 0.05) is 34.4 Å². The SMILES string of the molecule is C=C(c1ccc(C)cc1C)N1CCCc2cc(-c3nc4ccc(CCC)cc4cc3C)ccc21.CC. The first-order valence-corrected chi connectivity index (χ1v) is 13.5. The molecule has 2 nitrogen and oxygen atoms in total. The second kappa shape index (κ2) is 11.1. The molecule has 0 saturated heterocycles.